The molecule has 1 heterocycles. The molecule has 0 saturated heterocycles. The Balaban J connectivity index is 1.56. The third-order valence-electron chi connectivity index (χ3n) is 5.30. The van der Waals surface area contributed by atoms with E-state index in [2.05, 4.69) is 10.3 Å². The maximum absolute atomic E-state index is 12.9. The number of para-hydroxylation sites is 1. The van der Waals surface area contributed by atoms with Crippen molar-refractivity contribution in [3.8, 4) is 5.69 Å². The Bertz CT molecular complexity index is 1030. The van der Waals surface area contributed by atoms with Gasteiger partial charge in [0, 0.05) is 12.1 Å². The minimum absolute atomic E-state index is 0.0652. The molecule has 1 saturated carbocycles. The maximum Gasteiger partial charge on any atom is 0.265 e. The highest BCUT2D eigenvalue weighted by molar-refractivity contribution is 5.91. The van der Waals surface area contributed by atoms with Gasteiger partial charge in [-0.15, -0.1) is 0 Å². The van der Waals surface area contributed by atoms with Crippen LogP contribution in [0, 0.1) is 12.8 Å². The van der Waals surface area contributed by atoms with Crippen molar-refractivity contribution in [1.82, 2.24) is 9.55 Å². The van der Waals surface area contributed by atoms with Gasteiger partial charge in [-0.1, -0.05) is 25.0 Å². The zero-order chi connectivity index (χ0) is 18.8. The van der Waals surface area contributed by atoms with Gasteiger partial charge in [0.1, 0.15) is 5.82 Å². The highest BCUT2D eigenvalue weighted by atomic mass is 16.1. The highest BCUT2D eigenvalue weighted by Gasteiger charge is 2.18. The molecule has 1 fully saturated rings. The summed E-state index contributed by atoms with van der Waals surface area (Å²) in [5.74, 6) is 1.22. The fraction of sp³-hybridized carbons (Fsp3) is 0.318. The summed E-state index contributed by atoms with van der Waals surface area (Å²) in [4.78, 5) is 29.6. The Kier molecular flexibility index (Phi) is 4.75. The lowest BCUT2D eigenvalue weighted by Crippen LogP contribution is -2.22. The van der Waals surface area contributed by atoms with E-state index < -0.39 is 0 Å². The number of aryl methyl sites for hydroxylation is 1. The third-order valence-corrected chi connectivity index (χ3v) is 5.30. The van der Waals surface area contributed by atoms with E-state index in [1.807, 2.05) is 49.4 Å². The molecular formula is C22H23N3O2. The maximum atomic E-state index is 12.9. The van der Waals surface area contributed by atoms with Crippen LogP contribution in [0.5, 0.6) is 0 Å². The number of hydrogen-bond acceptors (Lipinski definition) is 3. The molecular weight excluding hydrogens is 338 g/mol. The minimum atomic E-state index is -0.0869. The zero-order valence-electron chi connectivity index (χ0n) is 15.4. The van der Waals surface area contributed by atoms with Gasteiger partial charge >= 0.3 is 0 Å². The molecule has 2 aromatic carbocycles. The Morgan fingerprint density at radius 1 is 1.11 bits per heavy atom. The first-order valence-corrected chi connectivity index (χ1v) is 9.50. The normalized spacial score (nSPS) is 14.6. The highest BCUT2D eigenvalue weighted by Crippen LogP contribution is 2.27. The SMILES string of the molecule is Cc1nc2ccccc2c(=O)n1-c1ccc(NC(=O)CC2CCCC2)cc1. The molecule has 0 unspecified atom stereocenters. The third kappa shape index (κ3) is 3.63. The smallest absolute Gasteiger partial charge is 0.265 e. The number of carbonyl (C=O) groups is 1. The van der Waals surface area contributed by atoms with Crippen LogP contribution in [0.15, 0.2) is 53.3 Å². The van der Waals surface area contributed by atoms with Crippen molar-refractivity contribution in [3.05, 3.63) is 64.7 Å². The molecule has 1 aromatic heterocycles. The van der Waals surface area contributed by atoms with E-state index in [9.17, 15) is 9.59 Å². The van der Waals surface area contributed by atoms with E-state index in [0.29, 0.717) is 29.1 Å². The van der Waals surface area contributed by atoms with Crippen molar-refractivity contribution in [1.29, 1.82) is 0 Å². The summed E-state index contributed by atoms with van der Waals surface area (Å²) < 4.78 is 1.60. The molecule has 0 bridgehead atoms. The van der Waals surface area contributed by atoms with Crippen LogP contribution in [-0.2, 0) is 4.79 Å². The van der Waals surface area contributed by atoms with Gasteiger partial charge in [-0.25, -0.2) is 4.98 Å². The van der Waals surface area contributed by atoms with E-state index >= 15 is 0 Å². The monoisotopic (exact) mass is 361 g/mol. The molecule has 138 valence electrons. The van der Waals surface area contributed by atoms with Crippen LogP contribution in [0.3, 0.4) is 0 Å². The summed E-state index contributed by atoms with van der Waals surface area (Å²) in [5, 5.41) is 3.56. The Hall–Kier alpha value is -2.95. The predicted molar refractivity (Wildman–Crippen MR) is 107 cm³/mol. The van der Waals surface area contributed by atoms with Crippen molar-refractivity contribution in [2.45, 2.75) is 39.0 Å². The van der Waals surface area contributed by atoms with E-state index in [0.717, 1.165) is 24.2 Å². The van der Waals surface area contributed by atoms with E-state index in [1.165, 1.54) is 12.8 Å². The molecule has 1 amide bonds. The number of rotatable bonds is 4. The van der Waals surface area contributed by atoms with Gasteiger partial charge in [0.2, 0.25) is 5.91 Å². The Morgan fingerprint density at radius 2 is 1.81 bits per heavy atom. The fourth-order valence-corrected chi connectivity index (χ4v) is 3.93. The van der Waals surface area contributed by atoms with Crippen molar-refractivity contribution < 1.29 is 4.79 Å². The summed E-state index contributed by atoms with van der Waals surface area (Å²) in [6, 6.07) is 14.7. The Labute approximate surface area is 158 Å². The summed E-state index contributed by atoms with van der Waals surface area (Å²) in [5.41, 5.74) is 2.11. The van der Waals surface area contributed by atoms with Crippen molar-refractivity contribution in [2.75, 3.05) is 5.32 Å². The van der Waals surface area contributed by atoms with Crippen LogP contribution in [0.4, 0.5) is 5.69 Å². The number of amides is 1. The zero-order valence-corrected chi connectivity index (χ0v) is 15.4. The number of benzene rings is 2. The topological polar surface area (TPSA) is 64.0 Å². The molecule has 0 radical (unpaired) electrons. The van der Waals surface area contributed by atoms with Crippen molar-refractivity contribution in [2.24, 2.45) is 5.92 Å². The standard InChI is InChI=1S/C22H23N3O2/c1-15-23-20-9-5-4-8-19(20)22(27)25(15)18-12-10-17(11-13-18)24-21(26)14-16-6-2-3-7-16/h4-5,8-13,16H,2-3,6-7,14H2,1H3,(H,24,26). The molecule has 4 rings (SSSR count). The molecule has 1 N–H and O–H groups in total. The van der Waals surface area contributed by atoms with Gasteiger partial charge in [0.15, 0.2) is 0 Å². The van der Waals surface area contributed by atoms with Crippen LogP contribution in [0.2, 0.25) is 0 Å². The average Bonchev–Trinajstić information content (AvgIpc) is 3.16. The van der Waals surface area contributed by atoms with Crippen molar-refractivity contribution in [3.63, 3.8) is 0 Å². The molecule has 5 heteroatoms. The van der Waals surface area contributed by atoms with Gasteiger partial charge in [-0.2, -0.15) is 0 Å². The lowest BCUT2D eigenvalue weighted by molar-refractivity contribution is -0.117. The second kappa shape index (κ2) is 7.35. The first kappa shape index (κ1) is 17.5. The molecule has 0 spiro atoms. The summed E-state index contributed by atoms with van der Waals surface area (Å²) in [7, 11) is 0. The van der Waals surface area contributed by atoms with Crippen molar-refractivity contribution >= 4 is 22.5 Å². The summed E-state index contributed by atoms with van der Waals surface area (Å²) in [6.07, 6.45) is 5.38. The van der Waals surface area contributed by atoms with Gasteiger partial charge in [0.05, 0.1) is 16.6 Å². The van der Waals surface area contributed by atoms with Crippen LogP contribution in [0.25, 0.3) is 16.6 Å². The molecule has 0 aliphatic heterocycles. The average molecular weight is 361 g/mol. The Morgan fingerprint density at radius 3 is 2.56 bits per heavy atom. The van der Waals surface area contributed by atoms with Gasteiger partial charge < -0.3 is 5.32 Å². The largest absolute Gasteiger partial charge is 0.326 e. The van der Waals surface area contributed by atoms with Gasteiger partial charge in [-0.3, -0.25) is 14.2 Å². The minimum Gasteiger partial charge on any atom is -0.326 e. The number of anilines is 1. The first-order chi connectivity index (χ1) is 13.1. The predicted octanol–water partition coefficient (Wildman–Crippen LogP) is 4.21. The lowest BCUT2D eigenvalue weighted by atomic mass is 10.0. The van der Waals surface area contributed by atoms with E-state index in [-0.39, 0.29) is 11.5 Å². The van der Waals surface area contributed by atoms with Gasteiger partial charge in [0.25, 0.3) is 5.56 Å². The number of carbonyl (C=O) groups excluding carboxylic acids is 1. The summed E-state index contributed by atoms with van der Waals surface area (Å²) in [6.45, 7) is 1.82. The lowest BCUT2D eigenvalue weighted by Gasteiger charge is -2.13. The van der Waals surface area contributed by atoms with Gasteiger partial charge in [-0.05, 0) is 62.1 Å². The van der Waals surface area contributed by atoms with Crippen LogP contribution < -0.4 is 10.9 Å². The number of fused-ring (bicyclic) bond motifs is 1. The molecule has 1 aliphatic carbocycles. The van der Waals surface area contributed by atoms with E-state index in [1.54, 1.807) is 10.6 Å². The van der Waals surface area contributed by atoms with Crippen LogP contribution in [-0.4, -0.2) is 15.5 Å². The molecule has 0 atom stereocenters. The molecule has 1 aliphatic rings. The number of hydrogen-bond donors (Lipinski definition) is 1. The fourth-order valence-electron chi connectivity index (χ4n) is 3.93. The molecule has 27 heavy (non-hydrogen) atoms. The first-order valence-electron chi connectivity index (χ1n) is 9.50. The number of aromatic nitrogens is 2. The quantitative estimate of drug-likeness (QED) is 0.757. The second-order valence-electron chi connectivity index (χ2n) is 7.27. The number of nitrogens with one attached hydrogen (secondary N) is 1. The van der Waals surface area contributed by atoms with Crippen LogP contribution in [0.1, 0.15) is 37.9 Å². The number of nitrogens with zero attached hydrogens (tertiary/aromatic N) is 2. The molecule has 5 nitrogen and oxygen atoms in total. The molecule has 3 aromatic rings. The second-order valence-corrected chi connectivity index (χ2v) is 7.27. The van der Waals surface area contributed by atoms with Crippen LogP contribution >= 0.6 is 0 Å². The van der Waals surface area contributed by atoms with E-state index in [4.69, 9.17) is 0 Å². The summed E-state index contributed by atoms with van der Waals surface area (Å²) >= 11 is 0.